The molecule has 1 aromatic heterocycles. The summed E-state index contributed by atoms with van der Waals surface area (Å²) in [5.41, 5.74) is 4.89. The van der Waals surface area contributed by atoms with Crippen molar-refractivity contribution in [3.05, 3.63) is 18.0 Å². The number of likely N-dealkylation sites (tertiary alicyclic amines) is 1. The van der Waals surface area contributed by atoms with Crippen LogP contribution in [0.2, 0.25) is 0 Å². The Morgan fingerprint density at radius 3 is 2.48 bits per heavy atom. The minimum Gasteiger partial charge on any atom is -0.468 e. The van der Waals surface area contributed by atoms with E-state index < -0.39 is 29.4 Å². The number of esters is 1. The van der Waals surface area contributed by atoms with Crippen LogP contribution in [0.5, 0.6) is 0 Å². The Labute approximate surface area is 157 Å². The van der Waals surface area contributed by atoms with Crippen LogP contribution in [0, 0.1) is 17.8 Å². The summed E-state index contributed by atoms with van der Waals surface area (Å²) in [6, 6.07) is -0.582. The number of hydrogen-bond acceptors (Lipinski definition) is 8. The van der Waals surface area contributed by atoms with Gasteiger partial charge in [-0.1, -0.05) is 13.8 Å². The zero-order chi connectivity index (χ0) is 19.9. The molecule has 2 aliphatic heterocycles. The van der Waals surface area contributed by atoms with Crippen LogP contribution in [-0.4, -0.2) is 51.8 Å². The van der Waals surface area contributed by atoms with Crippen molar-refractivity contribution in [3.8, 4) is 0 Å². The third-order valence-electron chi connectivity index (χ3n) is 5.39. The van der Waals surface area contributed by atoms with Gasteiger partial charge in [-0.25, -0.2) is 9.97 Å². The van der Waals surface area contributed by atoms with Crippen LogP contribution in [-0.2, 0) is 19.1 Å². The SMILES string of the molecule is CCN1C(=O)[C@H]2[C@@H](C1=O)[C@@](CC(C)C)(C(=O)OC)N[C@H]2c1cnc(N)nc1. The normalized spacial score (nSPS) is 30.1. The highest BCUT2D eigenvalue weighted by atomic mass is 16.5. The summed E-state index contributed by atoms with van der Waals surface area (Å²) in [6.07, 6.45) is 3.40. The molecule has 27 heavy (non-hydrogen) atoms. The zero-order valence-electron chi connectivity index (χ0n) is 15.9. The van der Waals surface area contributed by atoms with Gasteiger partial charge >= 0.3 is 5.97 Å². The Morgan fingerprint density at radius 1 is 1.33 bits per heavy atom. The summed E-state index contributed by atoms with van der Waals surface area (Å²) in [5.74, 6) is -2.52. The lowest BCUT2D eigenvalue weighted by atomic mass is 9.75. The van der Waals surface area contributed by atoms with E-state index in [-0.39, 0.29) is 30.2 Å². The van der Waals surface area contributed by atoms with Crippen molar-refractivity contribution >= 4 is 23.7 Å². The van der Waals surface area contributed by atoms with E-state index in [4.69, 9.17) is 10.5 Å². The maximum absolute atomic E-state index is 13.1. The molecule has 3 rings (SSSR count). The van der Waals surface area contributed by atoms with E-state index in [1.165, 1.54) is 24.4 Å². The van der Waals surface area contributed by atoms with Crippen molar-refractivity contribution in [1.29, 1.82) is 0 Å². The number of fused-ring (bicyclic) bond motifs is 1. The number of ether oxygens (including phenoxy) is 1. The number of amides is 2. The Morgan fingerprint density at radius 2 is 1.96 bits per heavy atom. The molecule has 3 heterocycles. The number of aromatic nitrogens is 2. The topological polar surface area (TPSA) is 128 Å². The lowest BCUT2D eigenvalue weighted by Gasteiger charge is -2.33. The largest absolute Gasteiger partial charge is 0.468 e. The standard InChI is InChI=1S/C18H25N5O4/c1-5-23-14(24)11-12(15(23)25)18(6-9(2)3,16(26)27-4)22-13(11)10-7-20-17(19)21-8-10/h7-9,11-13,22H,5-6H2,1-4H3,(H2,19,20,21)/t11-,12-,13-,18-/m0/s1. The minimum absolute atomic E-state index is 0.0947. The van der Waals surface area contributed by atoms with Gasteiger partial charge in [-0.15, -0.1) is 0 Å². The molecule has 0 spiro atoms. The van der Waals surface area contributed by atoms with E-state index in [1.54, 1.807) is 6.92 Å². The number of hydrogen-bond donors (Lipinski definition) is 2. The van der Waals surface area contributed by atoms with Crippen LogP contribution in [0.3, 0.4) is 0 Å². The molecule has 0 bridgehead atoms. The van der Waals surface area contributed by atoms with E-state index in [2.05, 4.69) is 15.3 Å². The minimum atomic E-state index is -1.28. The Bertz CT molecular complexity index is 766. The molecule has 0 saturated carbocycles. The number of carbonyl (C=O) groups excluding carboxylic acids is 3. The first-order chi connectivity index (χ1) is 12.8. The van der Waals surface area contributed by atoms with Gasteiger partial charge in [-0.2, -0.15) is 0 Å². The fourth-order valence-corrected chi connectivity index (χ4v) is 4.45. The smallest absolute Gasteiger partial charge is 0.326 e. The summed E-state index contributed by atoms with van der Waals surface area (Å²) < 4.78 is 5.07. The van der Waals surface area contributed by atoms with E-state index in [0.29, 0.717) is 12.0 Å². The lowest BCUT2D eigenvalue weighted by Crippen LogP contribution is -2.57. The summed E-state index contributed by atoms with van der Waals surface area (Å²) in [5, 5.41) is 3.27. The lowest BCUT2D eigenvalue weighted by molar-refractivity contribution is -0.155. The predicted molar refractivity (Wildman–Crippen MR) is 95.9 cm³/mol. The number of rotatable bonds is 5. The molecular weight excluding hydrogens is 350 g/mol. The number of anilines is 1. The van der Waals surface area contributed by atoms with Gasteiger partial charge in [0.15, 0.2) is 0 Å². The predicted octanol–water partition coefficient (Wildman–Crippen LogP) is 0.282. The van der Waals surface area contributed by atoms with Crippen LogP contribution in [0.1, 0.15) is 38.8 Å². The first kappa shape index (κ1) is 19.2. The van der Waals surface area contributed by atoms with Crippen LogP contribution in [0.25, 0.3) is 0 Å². The molecule has 146 valence electrons. The van der Waals surface area contributed by atoms with Gasteiger partial charge in [0.05, 0.1) is 18.9 Å². The first-order valence-corrected chi connectivity index (χ1v) is 9.05. The fourth-order valence-electron chi connectivity index (χ4n) is 4.45. The molecule has 2 amide bonds. The highest BCUT2D eigenvalue weighted by molar-refractivity contribution is 6.09. The number of imide groups is 1. The molecule has 3 N–H and O–H groups in total. The third-order valence-corrected chi connectivity index (χ3v) is 5.39. The fraction of sp³-hybridized carbons (Fsp3) is 0.611. The number of methoxy groups -OCH3 is 1. The number of nitrogens with zero attached hydrogens (tertiary/aromatic N) is 3. The molecule has 0 aliphatic carbocycles. The van der Waals surface area contributed by atoms with Crippen LogP contribution < -0.4 is 11.1 Å². The van der Waals surface area contributed by atoms with Crippen molar-refractivity contribution in [2.75, 3.05) is 19.4 Å². The monoisotopic (exact) mass is 375 g/mol. The van der Waals surface area contributed by atoms with Gasteiger partial charge in [0, 0.05) is 30.5 Å². The van der Waals surface area contributed by atoms with E-state index in [0.717, 1.165) is 0 Å². The van der Waals surface area contributed by atoms with E-state index in [1.807, 2.05) is 13.8 Å². The van der Waals surface area contributed by atoms with Gasteiger partial charge in [-0.05, 0) is 19.3 Å². The quantitative estimate of drug-likeness (QED) is 0.555. The van der Waals surface area contributed by atoms with Crippen molar-refractivity contribution in [2.45, 2.75) is 38.8 Å². The molecule has 9 nitrogen and oxygen atoms in total. The third kappa shape index (κ3) is 2.86. The average molecular weight is 375 g/mol. The van der Waals surface area contributed by atoms with Gasteiger partial charge < -0.3 is 10.5 Å². The zero-order valence-corrected chi connectivity index (χ0v) is 15.9. The number of nitrogens with two attached hydrogens (primary N) is 1. The van der Waals surface area contributed by atoms with Gasteiger partial charge in [0.1, 0.15) is 5.54 Å². The summed E-state index contributed by atoms with van der Waals surface area (Å²) in [4.78, 5) is 48.2. The van der Waals surface area contributed by atoms with Crippen molar-refractivity contribution in [2.24, 2.45) is 17.8 Å². The van der Waals surface area contributed by atoms with Gasteiger partial charge in [-0.3, -0.25) is 24.6 Å². The highest BCUT2D eigenvalue weighted by Crippen LogP contribution is 2.51. The van der Waals surface area contributed by atoms with Crippen molar-refractivity contribution < 1.29 is 19.1 Å². The van der Waals surface area contributed by atoms with E-state index in [9.17, 15) is 14.4 Å². The second-order valence-corrected chi connectivity index (χ2v) is 7.48. The summed E-state index contributed by atoms with van der Waals surface area (Å²) in [7, 11) is 1.29. The molecular formula is C18H25N5O4. The van der Waals surface area contributed by atoms with Crippen molar-refractivity contribution in [3.63, 3.8) is 0 Å². The maximum atomic E-state index is 13.1. The molecule has 2 saturated heterocycles. The number of nitrogens with one attached hydrogen (secondary N) is 1. The molecule has 4 atom stereocenters. The molecule has 2 fully saturated rings. The molecule has 9 heteroatoms. The molecule has 0 radical (unpaired) electrons. The average Bonchev–Trinajstić information content (AvgIpc) is 3.09. The second-order valence-electron chi connectivity index (χ2n) is 7.48. The number of carbonyl (C=O) groups is 3. The first-order valence-electron chi connectivity index (χ1n) is 9.05. The Balaban J connectivity index is 2.15. The van der Waals surface area contributed by atoms with Crippen molar-refractivity contribution in [1.82, 2.24) is 20.2 Å². The van der Waals surface area contributed by atoms with E-state index >= 15 is 0 Å². The maximum Gasteiger partial charge on any atom is 0.326 e. The highest BCUT2D eigenvalue weighted by Gasteiger charge is 2.68. The Kier molecular flexibility index (Phi) is 4.90. The van der Waals surface area contributed by atoms with Crippen LogP contribution in [0.15, 0.2) is 12.4 Å². The molecule has 0 aromatic carbocycles. The Hall–Kier alpha value is -2.55. The molecule has 1 aromatic rings. The molecule has 0 unspecified atom stereocenters. The van der Waals surface area contributed by atoms with Crippen LogP contribution >= 0.6 is 0 Å². The summed E-state index contributed by atoms with van der Waals surface area (Å²) in [6.45, 7) is 5.92. The summed E-state index contributed by atoms with van der Waals surface area (Å²) >= 11 is 0. The second kappa shape index (κ2) is 6.88. The van der Waals surface area contributed by atoms with Gasteiger partial charge in [0.2, 0.25) is 17.8 Å². The van der Waals surface area contributed by atoms with Gasteiger partial charge in [0.25, 0.3) is 0 Å². The number of nitrogen functional groups attached to an aromatic ring is 1. The van der Waals surface area contributed by atoms with Crippen LogP contribution in [0.4, 0.5) is 5.95 Å². The molecule has 2 aliphatic rings.